The molecular weight excluding hydrogens is 438 g/mol. The van der Waals surface area contributed by atoms with Crippen LogP contribution in [0.1, 0.15) is 11.1 Å². The first kappa shape index (κ1) is 22.5. The lowest BCUT2D eigenvalue weighted by Crippen LogP contribution is -2.34. The van der Waals surface area contributed by atoms with E-state index in [1.165, 1.54) is 30.5 Å². The Hall–Kier alpha value is -3.20. The summed E-state index contributed by atoms with van der Waals surface area (Å²) < 4.78 is 32.4. The molecule has 2 N–H and O–H groups in total. The SMILES string of the molecule is O=C(CNS(=O)(=O)c1ccc(Cl)cc1)NN=Cc1ccccc1OCc1ccccc1. The van der Waals surface area contributed by atoms with Gasteiger partial charge in [0, 0.05) is 10.6 Å². The van der Waals surface area contributed by atoms with E-state index in [1.54, 1.807) is 12.1 Å². The maximum absolute atomic E-state index is 12.2. The number of nitrogens with zero attached hydrogens (tertiary/aromatic N) is 1. The van der Waals surface area contributed by atoms with Crippen molar-refractivity contribution >= 4 is 33.7 Å². The highest BCUT2D eigenvalue weighted by molar-refractivity contribution is 7.89. The predicted molar refractivity (Wildman–Crippen MR) is 120 cm³/mol. The maximum Gasteiger partial charge on any atom is 0.255 e. The first-order valence-corrected chi connectivity index (χ1v) is 11.1. The molecule has 0 saturated carbocycles. The summed E-state index contributed by atoms with van der Waals surface area (Å²) in [6, 6.07) is 22.6. The van der Waals surface area contributed by atoms with Gasteiger partial charge in [-0.25, -0.2) is 18.6 Å². The summed E-state index contributed by atoms with van der Waals surface area (Å²) in [5.74, 6) is -0.00994. The second-order valence-corrected chi connectivity index (χ2v) is 8.59. The molecule has 0 bridgehead atoms. The Labute approximate surface area is 185 Å². The number of sulfonamides is 1. The molecule has 3 aromatic carbocycles. The zero-order chi connectivity index (χ0) is 22.1. The minimum atomic E-state index is -3.83. The van der Waals surface area contributed by atoms with Gasteiger partial charge in [0.05, 0.1) is 17.7 Å². The van der Waals surface area contributed by atoms with E-state index in [4.69, 9.17) is 16.3 Å². The molecule has 9 heteroatoms. The van der Waals surface area contributed by atoms with Crippen LogP contribution in [0.25, 0.3) is 0 Å². The lowest BCUT2D eigenvalue weighted by Gasteiger charge is -2.09. The Morgan fingerprint density at radius 2 is 1.65 bits per heavy atom. The number of hydrogen-bond donors (Lipinski definition) is 2. The van der Waals surface area contributed by atoms with Crippen molar-refractivity contribution in [1.82, 2.24) is 10.1 Å². The number of rotatable bonds is 9. The molecule has 3 aromatic rings. The highest BCUT2D eigenvalue weighted by Gasteiger charge is 2.15. The van der Waals surface area contributed by atoms with Crippen molar-refractivity contribution in [3.8, 4) is 5.75 Å². The molecule has 0 spiro atoms. The lowest BCUT2D eigenvalue weighted by atomic mass is 10.2. The average molecular weight is 458 g/mol. The topological polar surface area (TPSA) is 96.9 Å². The third-order valence-electron chi connectivity index (χ3n) is 4.10. The Morgan fingerprint density at radius 1 is 0.968 bits per heavy atom. The molecular formula is C22H20ClN3O4S. The molecule has 0 heterocycles. The second kappa shape index (κ2) is 10.7. The minimum absolute atomic E-state index is 0.0118. The number of carbonyl (C=O) groups excluding carboxylic acids is 1. The molecule has 0 aliphatic heterocycles. The molecule has 0 radical (unpaired) electrons. The van der Waals surface area contributed by atoms with E-state index in [0.717, 1.165) is 5.56 Å². The van der Waals surface area contributed by atoms with Gasteiger partial charge in [0.2, 0.25) is 10.0 Å². The number of amides is 1. The summed E-state index contributed by atoms with van der Waals surface area (Å²) in [4.78, 5) is 12.0. The summed E-state index contributed by atoms with van der Waals surface area (Å²) in [7, 11) is -3.83. The fourth-order valence-electron chi connectivity index (χ4n) is 2.52. The number of hydrogen-bond acceptors (Lipinski definition) is 5. The van der Waals surface area contributed by atoms with E-state index < -0.39 is 22.5 Å². The van der Waals surface area contributed by atoms with Crippen LogP contribution >= 0.6 is 11.6 Å². The zero-order valence-corrected chi connectivity index (χ0v) is 17.9. The van der Waals surface area contributed by atoms with Gasteiger partial charge in [-0.15, -0.1) is 0 Å². The Kier molecular flexibility index (Phi) is 7.77. The molecule has 7 nitrogen and oxygen atoms in total. The Morgan fingerprint density at radius 3 is 2.39 bits per heavy atom. The third kappa shape index (κ3) is 6.92. The monoisotopic (exact) mass is 457 g/mol. The maximum atomic E-state index is 12.2. The van der Waals surface area contributed by atoms with Crippen LogP contribution < -0.4 is 14.9 Å². The van der Waals surface area contributed by atoms with Crippen LogP contribution in [0.2, 0.25) is 5.02 Å². The largest absolute Gasteiger partial charge is 0.488 e. The minimum Gasteiger partial charge on any atom is -0.488 e. The van der Waals surface area contributed by atoms with Crippen molar-refractivity contribution < 1.29 is 17.9 Å². The number of halogens is 1. The molecule has 0 fully saturated rings. The standard InChI is InChI=1S/C22H20ClN3O4S/c23-19-10-12-20(13-11-19)31(28,29)25-15-22(27)26-24-14-18-8-4-5-9-21(18)30-16-17-6-2-1-3-7-17/h1-14,25H,15-16H2,(H,26,27). The van der Waals surface area contributed by atoms with Gasteiger partial charge >= 0.3 is 0 Å². The zero-order valence-electron chi connectivity index (χ0n) is 16.4. The molecule has 0 saturated heterocycles. The van der Waals surface area contributed by atoms with Crippen LogP contribution in [0.4, 0.5) is 0 Å². The van der Waals surface area contributed by atoms with Crippen molar-refractivity contribution in [2.75, 3.05) is 6.54 Å². The van der Waals surface area contributed by atoms with E-state index in [2.05, 4.69) is 15.2 Å². The molecule has 0 unspecified atom stereocenters. The summed E-state index contributed by atoms with van der Waals surface area (Å²) in [6.07, 6.45) is 1.44. The molecule has 1 amide bonds. The van der Waals surface area contributed by atoms with Gasteiger partial charge in [0.1, 0.15) is 12.4 Å². The number of para-hydroxylation sites is 1. The highest BCUT2D eigenvalue weighted by Crippen LogP contribution is 2.17. The lowest BCUT2D eigenvalue weighted by molar-refractivity contribution is -0.119. The summed E-state index contributed by atoms with van der Waals surface area (Å²) >= 11 is 5.75. The van der Waals surface area contributed by atoms with Crippen molar-refractivity contribution in [2.24, 2.45) is 5.10 Å². The smallest absolute Gasteiger partial charge is 0.255 e. The fourth-order valence-corrected chi connectivity index (χ4v) is 3.63. The van der Waals surface area contributed by atoms with Crippen molar-refractivity contribution in [1.29, 1.82) is 0 Å². The van der Waals surface area contributed by atoms with Gasteiger partial charge < -0.3 is 4.74 Å². The number of hydrazone groups is 1. The van der Waals surface area contributed by atoms with Crippen molar-refractivity contribution in [3.05, 3.63) is 95.0 Å². The molecule has 160 valence electrons. The Bertz CT molecular complexity index is 1150. The van der Waals surface area contributed by atoms with Crippen molar-refractivity contribution in [3.63, 3.8) is 0 Å². The first-order chi connectivity index (χ1) is 14.9. The molecule has 0 aliphatic rings. The highest BCUT2D eigenvalue weighted by atomic mass is 35.5. The van der Waals surface area contributed by atoms with E-state index in [9.17, 15) is 13.2 Å². The van der Waals surface area contributed by atoms with Crippen LogP contribution in [0, 0.1) is 0 Å². The van der Waals surface area contributed by atoms with Gasteiger partial charge in [-0.05, 0) is 42.0 Å². The molecule has 3 rings (SSSR count). The number of nitrogens with one attached hydrogen (secondary N) is 2. The van der Waals surface area contributed by atoms with Gasteiger partial charge in [0.15, 0.2) is 0 Å². The van der Waals surface area contributed by atoms with E-state index in [0.29, 0.717) is 22.9 Å². The molecule has 31 heavy (non-hydrogen) atoms. The van der Waals surface area contributed by atoms with Gasteiger partial charge in [-0.3, -0.25) is 4.79 Å². The number of benzene rings is 3. The number of ether oxygens (including phenoxy) is 1. The van der Waals surface area contributed by atoms with Gasteiger partial charge in [-0.2, -0.15) is 5.10 Å². The summed E-state index contributed by atoms with van der Waals surface area (Å²) in [5.41, 5.74) is 3.98. The molecule has 0 aliphatic carbocycles. The van der Waals surface area contributed by atoms with Crippen LogP contribution in [-0.4, -0.2) is 27.1 Å². The van der Waals surface area contributed by atoms with Crippen LogP contribution in [0.3, 0.4) is 0 Å². The average Bonchev–Trinajstić information content (AvgIpc) is 2.78. The van der Waals surface area contributed by atoms with E-state index in [1.807, 2.05) is 42.5 Å². The van der Waals surface area contributed by atoms with Crippen LogP contribution in [0.5, 0.6) is 5.75 Å². The van der Waals surface area contributed by atoms with E-state index >= 15 is 0 Å². The van der Waals surface area contributed by atoms with Crippen molar-refractivity contribution in [2.45, 2.75) is 11.5 Å². The van der Waals surface area contributed by atoms with Gasteiger partial charge in [0.25, 0.3) is 5.91 Å². The van der Waals surface area contributed by atoms with Crippen LogP contribution in [-0.2, 0) is 21.4 Å². The van der Waals surface area contributed by atoms with Gasteiger partial charge in [-0.1, -0.05) is 54.1 Å². The normalized spacial score (nSPS) is 11.4. The quantitative estimate of drug-likeness (QED) is 0.380. The molecule has 0 aromatic heterocycles. The fraction of sp³-hybridized carbons (Fsp3) is 0.0909. The first-order valence-electron chi connectivity index (χ1n) is 9.27. The summed E-state index contributed by atoms with van der Waals surface area (Å²) in [6.45, 7) is -0.0705. The predicted octanol–water partition coefficient (Wildman–Crippen LogP) is 3.35. The Balaban J connectivity index is 1.53. The van der Waals surface area contributed by atoms with Crippen LogP contribution in [0.15, 0.2) is 88.9 Å². The summed E-state index contributed by atoms with van der Waals surface area (Å²) in [5, 5.41) is 4.30. The molecule has 0 atom stereocenters. The number of carbonyl (C=O) groups is 1. The second-order valence-electron chi connectivity index (χ2n) is 6.38. The third-order valence-corrected chi connectivity index (χ3v) is 5.76. The van der Waals surface area contributed by atoms with E-state index in [-0.39, 0.29) is 4.90 Å².